The van der Waals surface area contributed by atoms with Crippen LogP contribution in [0.5, 0.6) is 5.75 Å². The van der Waals surface area contributed by atoms with Crippen molar-refractivity contribution >= 4 is 32.6 Å². The average molecular weight is 437 g/mol. The van der Waals surface area contributed by atoms with Crippen LogP contribution >= 0.6 is 11.3 Å². The second-order valence-electron chi connectivity index (χ2n) is 8.48. The van der Waals surface area contributed by atoms with Crippen molar-refractivity contribution in [3.05, 3.63) is 54.1 Å². The zero-order chi connectivity index (χ0) is 21.2. The van der Waals surface area contributed by atoms with Gasteiger partial charge >= 0.3 is 0 Å². The molecule has 0 bridgehead atoms. The maximum atomic E-state index is 12.7. The van der Waals surface area contributed by atoms with E-state index in [9.17, 15) is 4.79 Å². The Labute approximate surface area is 186 Å². The zero-order valence-corrected chi connectivity index (χ0v) is 18.6. The van der Waals surface area contributed by atoms with Gasteiger partial charge in [-0.3, -0.25) is 9.69 Å². The van der Waals surface area contributed by atoms with Crippen molar-refractivity contribution in [1.82, 2.24) is 15.2 Å². The second-order valence-corrected chi connectivity index (χ2v) is 9.49. The van der Waals surface area contributed by atoms with Gasteiger partial charge in [-0.2, -0.15) is 0 Å². The summed E-state index contributed by atoms with van der Waals surface area (Å²) in [6.07, 6.45) is 2.05. The normalized spacial score (nSPS) is 18.2. The van der Waals surface area contributed by atoms with Gasteiger partial charge in [0.25, 0.3) is 0 Å². The van der Waals surface area contributed by atoms with Gasteiger partial charge in [-0.25, -0.2) is 4.98 Å². The molecule has 0 spiro atoms. The summed E-state index contributed by atoms with van der Waals surface area (Å²) in [6.45, 7) is 4.55. The van der Waals surface area contributed by atoms with E-state index in [4.69, 9.17) is 9.72 Å². The fourth-order valence-corrected chi connectivity index (χ4v) is 5.32. The summed E-state index contributed by atoms with van der Waals surface area (Å²) in [5, 5.41) is 4.28. The van der Waals surface area contributed by atoms with E-state index < -0.39 is 0 Å². The smallest absolute Gasteiger partial charge is 0.226 e. The molecule has 2 fully saturated rings. The second kappa shape index (κ2) is 8.85. The number of benzene rings is 2. The van der Waals surface area contributed by atoms with Crippen LogP contribution in [-0.2, 0) is 11.3 Å². The molecule has 0 aliphatic carbocycles. The number of nitrogens with zero attached hydrogens (tertiary/aromatic N) is 3. The molecule has 0 radical (unpaired) electrons. The lowest BCUT2D eigenvalue weighted by Gasteiger charge is -2.39. The highest BCUT2D eigenvalue weighted by Gasteiger charge is 2.35. The van der Waals surface area contributed by atoms with Crippen molar-refractivity contribution in [2.24, 2.45) is 5.92 Å². The van der Waals surface area contributed by atoms with Gasteiger partial charge in [0.2, 0.25) is 5.91 Å². The Kier molecular flexibility index (Phi) is 5.78. The van der Waals surface area contributed by atoms with E-state index >= 15 is 0 Å². The third-order valence-electron chi connectivity index (χ3n) is 6.29. The van der Waals surface area contributed by atoms with Crippen LogP contribution < -0.4 is 15.0 Å². The van der Waals surface area contributed by atoms with E-state index in [-0.39, 0.29) is 11.8 Å². The Morgan fingerprint density at radius 2 is 1.94 bits per heavy atom. The number of piperidine rings is 1. The third-order valence-corrected chi connectivity index (χ3v) is 7.39. The number of hydrogen-bond acceptors (Lipinski definition) is 6. The number of ether oxygens (including phenoxy) is 1. The molecule has 7 heteroatoms. The number of carbonyl (C=O) groups is 1. The standard InChI is InChI=1S/C24H28N4O2S/c1-30-20-7-8-22-21(13-20)26-24(31-22)28-15-18(16-28)23(29)25-19-9-11-27(12-10-19)14-17-5-3-2-4-6-17/h2-8,13,18-19H,9-12,14-16H2,1H3,(H,25,29). The van der Waals surface area contributed by atoms with Crippen LogP contribution in [0.2, 0.25) is 0 Å². The van der Waals surface area contributed by atoms with Crippen LogP contribution in [-0.4, -0.2) is 55.1 Å². The van der Waals surface area contributed by atoms with E-state index in [0.29, 0.717) is 6.04 Å². The molecule has 162 valence electrons. The Morgan fingerprint density at radius 3 is 2.68 bits per heavy atom. The Hall–Kier alpha value is -2.64. The van der Waals surface area contributed by atoms with E-state index in [0.717, 1.165) is 66.7 Å². The summed E-state index contributed by atoms with van der Waals surface area (Å²) >= 11 is 1.67. The highest BCUT2D eigenvalue weighted by Crippen LogP contribution is 2.34. The molecule has 2 aromatic carbocycles. The van der Waals surface area contributed by atoms with Gasteiger partial charge in [-0.1, -0.05) is 41.7 Å². The van der Waals surface area contributed by atoms with Gasteiger partial charge in [-0.15, -0.1) is 0 Å². The molecule has 3 aromatic rings. The van der Waals surface area contributed by atoms with Crippen LogP contribution in [0, 0.1) is 5.92 Å². The predicted octanol–water partition coefficient (Wildman–Crippen LogP) is 3.52. The first kappa shape index (κ1) is 20.3. The lowest BCUT2D eigenvalue weighted by Crippen LogP contribution is -2.56. The molecule has 0 saturated carbocycles. The van der Waals surface area contributed by atoms with Crippen LogP contribution in [0.3, 0.4) is 0 Å². The highest BCUT2D eigenvalue weighted by atomic mass is 32.1. The molecule has 1 amide bonds. The quantitative estimate of drug-likeness (QED) is 0.641. The Balaban J connectivity index is 1.08. The number of nitrogens with one attached hydrogen (secondary N) is 1. The minimum Gasteiger partial charge on any atom is -0.497 e. The number of carbonyl (C=O) groups excluding carboxylic acids is 1. The number of hydrogen-bond donors (Lipinski definition) is 1. The summed E-state index contributed by atoms with van der Waals surface area (Å²) < 4.78 is 6.43. The van der Waals surface area contributed by atoms with Crippen molar-refractivity contribution in [2.75, 3.05) is 38.2 Å². The minimum atomic E-state index is 0.0592. The van der Waals surface area contributed by atoms with Gasteiger partial charge in [0.15, 0.2) is 5.13 Å². The summed E-state index contributed by atoms with van der Waals surface area (Å²) in [4.78, 5) is 22.1. The van der Waals surface area contributed by atoms with Crippen LogP contribution in [0.1, 0.15) is 18.4 Å². The Bertz CT molecular complexity index is 1040. The molecule has 1 aromatic heterocycles. The minimum absolute atomic E-state index is 0.0592. The number of fused-ring (bicyclic) bond motifs is 1. The molecule has 2 saturated heterocycles. The van der Waals surface area contributed by atoms with Crippen molar-refractivity contribution in [3.8, 4) is 5.75 Å². The van der Waals surface area contributed by atoms with E-state index in [1.54, 1.807) is 18.4 Å². The molecule has 0 atom stereocenters. The average Bonchev–Trinajstić information content (AvgIpc) is 3.17. The zero-order valence-electron chi connectivity index (χ0n) is 17.8. The lowest BCUT2D eigenvalue weighted by molar-refractivity contribution is -0.126. The first-order chi connectivity index (χ1) is 15.2. The van der Waals surface area contributed by atoms with Gasteiger partial charge in [0.1, 0.15) is 5.75 Å². The molecule has 6 nitrogen and oxygen atoms in total. The van der Waals surface area contributed by atoms with Gasteiger partial charge in [-0.05, 0) is 30.5 Å². The largest absolute Gasteiger partial charge is 0.497 e. The topological polar surface area (TPSA) is 57.7 Å². The van der Waals surface area contributed by atoms with E-state index in [2.05, 4.69) is 45.4 Å². The molecule has 5 rings (SSSR count). The van der Waals surface area contributed by atoms with E-state index in [1.807, 2.05) is 18.2 Å². The summed E-state index contributed by atoms with van der Waals surface area (Å²) in [7, 11) is 1.67. The maximum absolute atomic E-state index is 12.7. The van der Waals surface area contributed by atoms with Crippen molar-refractivity contribution in [3.63, 3.8) is 0 Å². The number of rotatable bonds is 6. The summed E-state index contributed by atoms with van der Waals surface area (Å²) in [5.41, 5.74) is 2.31. The monoisotopic (exact) mass is 436 g/mol. The first-order valence-electron chi connectivity index (χ1n) is 10.9. The first-order valence-corrected chi connectivity index (χ1v) is 11.8. The molecule has 0 unspecified atom stereocenters. The number of likely N-dealkylation sites (tertiary alicyclic amines) is 1. The number of anilines is 1. The number of aromatic nitrogens is 1. The number of amides is 1. The Morgan fingerprint density at radius 1 is 1.16 bits per heavy atom. The lowest BCUT2D eigenvalue weighted by atomic mass is 9.97. The summed E-state index contributed by atoms with van der Waals surface area (Å²) in [6, 6.07) is 16.9. The predicted molar refractivity (Wildman–Crippen MR) is 125 cm³/mol. The van der Waals surface area contributed by atoms with Crippen LogP contribution in [0.15, 0.2) is 48.5 Å². The van der Waals surface area contributed by atoms with Gasteiger partial charge < -0.3 is 15.0 Å². The molecule has 31 heavy (non-hydrogen) atoms. The molecule has 2 aliphatic heterocycles. The molecular weight excluding hydrogens is 408 g/mol. The molecular formula is C24H28N4O2S. The van der Waals surface area contributed by atoms with E-state index in [1.165, 1.54) is 5.56 Å². The third kappa shape index (κ3) is 4.52. The van der Waals surface area contributed by atoms with Crippen LogP contribution in [0.4, 0.5) is 5.13 Å². The number of methoxy groups -OCH3 is 1. The fraction of sp³-hybridized carbons (Fsp3) is 0.417. The summed E-state index contributed by atoms with van der Waals surface area (Å²) in [5.74, 6) is 1.07. The van der Waals surface area contributed by atoms with Crippen molar-refractivity contribution in [1.29, 1.82) is 0 Å². The molecule has 1 N–H and O–H groups in total. The highest BCUT2D eigenvalue weighted by molar-refractivity contribution is 7.22. The van der Waals surface area contributed by atoms with Crippen molar-refractivity contribution in [2.45, 2.75) is 25.4 Å². The van der Waals surface area contributed by atoms with Crippen LogP contribution in [0.25, 0.3) is 10.2 Å². The van der Waals surface area contributed by atoms with Gasteiger partial charge in [0, 0.05) is 44.8 Å². The SMILES string of the molecule is COc1ccc2sc(N3CC(C(=O)NC4CCN(Cc5ccccc5)CC4)C3)nc2c1. The van der Waals surface area contributed by atoms with Gasteiger partial charge in [0.05, 0.1) is 23.2 Å². The molecule has 2 aliphatic rings. The number of thiazole rings is 1. The van der Waals surface area contributed by atoms with Crippen molar-refractivity contribution < 1.29 is 9.53 Å². The maximum Gasteiger partial charge on any atom is 0.226 e. The fourth-order valence-electron chi connectivity index (χ4n) is 4.35. The molecule has 3 heterocycles.